The summed E-state index contributed by atoms with van der Waals surface area (Å²) < 4.78 is 29.4. The van der Waals surface area contributed by atoms with E-state index in [-0.39, 0.29) is 6.04 Å². The smallest absolute Gasteiger partial charge is 0.442 e. The Morgan fingerprint density at radius 1 is 1.18 bits per heavy atom. The van der Waals surface area contributed by atoms with Crippen molar-refractivity contribution in [2.45, 2.75) is 70.5 Å². The quantitative estimate of drug-likeness (QED) is 0.358. The first-order chi connectivity index (χ1) is 18.7. The summed E-state index contributed by atoms with van der Waals surface area (Å²) >= 11 is 0. The van der Waals surface area contributed by atoms with Gasteiger partial charge in [-0.1, -0.05) is 19.1 Å². The number of aryl methyl sites for hydroxylation is 1. The molecule has 0 bridgehead atoms. The van der Waals surface area contributed by atoms with Gasteiger partial charge in [0.15, 0.2) is 0 Å². The first-order valence-electron chi connectivity index (χ1n) is 13.4. The maximum Gasteiger partial charge on any atom is 0.442 e. The third kappa shape index (κ3) is 6.33. The van der Waals surface area contributed by atoms with Crippen LogP contribution in [0.25, 0.3) is 10.9 Å². The Balaban J connectivity index is 1.67. The van der Waals surface area contributed by atoms with Gasteiger partial charge >= 0.3 is 12.2 Å². The lowest BCUT2D eigenvalue weighted by atomic mass is 9.87. The van der Waals surface area contributed by atoms with Crippen molar-refractivity contribution in [2.24, 2.45) is 10.3 Å². The largest absolute Gasteiger partial charge is 0.496 e. The number of nitrogens with zero attached hydrogens (tertiary/aromatic N) is 3. The number of ether oxygens (including phenoxy) is 2. The van der Waals surface area contributed by atoms with E-state index in [1.807, 2.05) is 31.2 Å². The molecule has 1 fully saturated rings. The number of likely N-dealkylation sites (tertiary alicyclic amines) is 1. The van der Waals surface area contributed by atoms with Crippen LogP contribution in [-0.4, -0.2) is 56.5 Å². The minimum atomic E-state index is -2.97. The van der Waals surface area contributed by atoms with E-state index in [1.54, 1.807) is 46.2 Å². The van der Waals surface area contributed by atoms with E-state index >= 15 is 0 Å². The molecular weight excluding hydrogens is 530 g/mol. The van der Waals surface area contributed by atoms with Crippen molar-refractivity contribution in [2.75, 3.05) is 19.9 Å². The molecule has 2 heterocycles. The Hall–Kier alpha value is -3.37. The fourth-order valence-electron chi connectivity index (χ4n) is 5.42. The highest BCUT2D eigenvalue weighted by Gasteiger charge is 2.30. The maximum absolute atomic E-state index is 13.3. The van der Waals surface area contributed by atoms with E-state index in [2.05, 4.69) is 16.2 Å². The van der Waals surface area contributed by atoms with Crippen LogP contribution in [0.3, 0.4) is 0 Å². The molecule has 0 aliphatic carbocycles. The Morgan fingerprint density at radius 2 is 1.85 bits per heavy atom. The molecule has 1 aliphatic heterocycles. The van der Waals surface area contributed by atoms with Crippen LogP contribution in [0.1, 0.15) is 63.3 Å². The molecule has 1 N–H and O–H groups in total. The molecule has 3 atom stereocenters. The first kappa shape index (κ1) is 29.6. The van der Waals surface area contributed by atoms with Crippen molar-refractivity contribution >= 4 is 32.8 Å². The minimum absolute atomic E-state index is 0.0936. The fraction of sp³-hybridized carbons (Fsp3) is 0.467. The Labute approximate surface area is 236 Å². The van der Waals surface area contributed by atoms with Gasteiger partial charge in [-0.3, -0.25) is 9.47 Å². The average molecular weight is 570 g/mol. The van der Waals surface area contributed by atoms with E-state index in [1.165, 1.54) is 10.8 Å². The van der Waals surface area contributed by atoms with Gasteiger partial charge in [-0.25, -0.2) is 13.8 Å². The second-order valence-electron chi connectivity index (χ2n) is 11.7. The van der Waals surface area contributed by atoms with E-state index in [9.17, 15) is 18.9 Å². The van der Waals surface area contributed by atoms with Gasteiger partial charge < -0.3 is 14.6 Å². The van der Waals surface area contributed by atoms with Gasteiger partial charge in [-0.05, 0) is 88.4 Å². The highest BCUT2D eigenvalue weighted by Crippen LogP contribution is 2.39. The molecule has 216 valence electrons. The zero-order chi connectivity index (χ0) is 29.4. The number of benzene rings is 2. The van der Waals surface area contributed by atoms with Crippen molar-refractivity contribution in [1.82, 2.24) is 9.47 Å². The lowest BCUT2D eigenvalue weighted by molar-refractivity contribution is 0.0607. The average Bonchev–Trinajstić information content (AvgIpc) is 3.31. The Kier molecular flexibility index (Phi) is 8.33. The third-order valence-corrected chi connectivity index (χ3v) is 8.98. The maximum atomic E-state index is 13.3. The van der Waals surface area contributed by atoms with E-state index < -0.39 is 27.5 Å². The predicted octanol–water partition coefficient (Wildman–Crippen LogP) is 6.85. The molecule has 0 saturated carbocycles. The van der Waals surface area contributed by atoms with Crippen LogP contribution in [0.15, 0.2) is 51.9 Å². The van der Waals surface area contributed by atoms with Crippen LogP contribution in [0.2, 0.25) is 0 Å². The molecular formula is C30H39N3O6S. The zero-order valence-corrected chi connectivity index (χ0v) is 25.1. The SMILES string of the molecule is COc1cc(C)c2c(ccn2C(=O)O)c1CN1CC[C@@H](C)C[C@H]1c1ccc(S(C)(=O)=NC(=O)OC(C)(C)C)cc1. The highest BCUT2D eigenvalue weighted by molar-refractivity contribution is 7.93. The molecule has 1 aliphatic rings. The number of hydrogen-bond donors (Lipinski definition) is 1. The second-order valence-corrected chi connectivity index (χ2v) is 13.9. The predicted molar refractivity (Wildman–Crippen MR) is 156 cm³/mol. The zero-order valence-electron chi connectivity index (χ0n) is 24.3. The molecule has 3 aromatic rings. The molecule has 0 radical (unpaired) electrons. The van der Waals surface area contributed by atoms with E-state index in [4.69, 9.17) is 9.47 Å². The van der Waals surface area contributed by atoms with Crippen LogP contribution >= 0.6 is 0 Å². The molecule has 10 heteroatoms. The lowest BCUT2D eigenvalue weighted by Crippen LogP contribution is -2.36. The van der Waals surface area contributed by atoms with Gasteiger partial charge in [0.2, 0.25) is 0 Å². The summed E-state index contributed by atoms with van der Waals surface area (Å²) in [6.45, 7) is 10.8. The molecule has 1 unspecified atom stereocenters. The van der Waals surface area contributed by atoms with Crippen LogP contribution in [0.5, 0.6) is 5.75 Å². The van der Waals surface area contributed by atoms with Crippen molar-refractivity contribution in [3.05, 3.63) is 59.3 Å². The molecule has 1 aromatic heterocycles. The van der Waals surface area contributed by atoms with Crippen molar-refractivity contribution < 1.29 is 28.4 Å². The van der Waals surface area contributed by atoms with Crippen molar-refractivity contribution in [3.8, 4) is 5.75 Å². The fourth-order valence-corrected chi connectivity index (χ4v) is 6.48. The molecule has 2 aromatic carbocycles. The molecule has 1 saturated heterocycles. The first-order valence-corrected chi connectivity index (χ1v) is 15.3. The normalized spacial score (nSPS) is 19.7. The number of carbonyl (C=O) groups excluding carboxylic acids is 1. The van der Waals surface area contributed by atoms with Crippen molar-refractivity contribution in [1.29, 1.82) is 0 Å². The number of carboxylic acid groups (broad SMARTS) is 1. The number of carbonyl (C=O) groups is 2. The van der Waals surface area contributed by atoms with E-state index in [0.717, 1.165) is 47.2 Å². The summed E-state index contributed by atoms with van der Waals surface area (Å²) in [4.78, 5) is 26.9. The number of hydrogen-bond acceptors (Lipinski definition) is 6. The summed E-state index contributed by atoms with van der Waals surface area (Å²) in [5, 5.41) is 10.6. The molecule has 40 heavy (non-hydrogen) atoms. The lowest BCUT2D eigenvalue weighted by Gasteiger charge is -2.39. The van der Waals surface area contributed by atoms with Crippen LogP contribution in [0, 0.1) is 12.8 Å². The summed E-state index contributed by atoms with van der Waals surface area (Å²) in [7, 11) is -1.34. The standard InChI is InChI=1S/C30H39N3O6S/c1-19-12-14-32(18-24-23-13-15-33(29(35)36)27(23)20(2)17-26(24)38-6)25(16-19)21-8-10-22(11-9-21)40(7,37)31-28(34)39-30(3,4)5/h8-11,13,15,17,19,25H,12,14,16,18H2,1-7H3,(H,35,36)/t19-,25+,40?/m1/s1. The van der Waals surface area contributed by atoms with Gasteiger partial charge in [-0.15, -0.1) is 4.36 Å². The number of amides is 1. The van der Waals surface area contributed by atoms with Gasteiger partial charge in [0.25, 0.3) is 0 Å². The molecule has 9 nitrogen and oxygen atoms in total. The highest BCUT2D eigenvalue weighted by atomic mass is 32.2. The number of fused-ring (bicyclic) bond motifs is 1. The molecule has 0 spiro atoms. The number of rotatable bonds is 5. The topological polar surface area (TPSA) is 110 Å². The van der Waals surface area contributed by atoms with Crippen LogP contribution < -0.4 is 4.74 Å². The minimum Gasteiger partial charge on any atom is -0.496 e. The second kappa shape index (κ2) is 11.2. The van der Waals surface area contributed by atoms with Gasteiger partial charge in [0.05, 0.1) is 22.4 Å². The van der Waals surface area contributed by atoms with Gasteiger partial charge in [0.1, 0.15) is 11.4 Å². The monoisotopic (exact) mass is 569 g/mol. The van der Waals surface area contributed by atoms with Crippen LogP contribution in [-0.2, 0) is 21.0 Å². The van der Waals surface area contributed by atoms with Crippen LogP contribution in [0.4, 0.5) is 9.59 Å². The number of methoxy groups -OCH3 is 1. The summed E-state index contributed by atoms with van der Waals surface area (Å²) in [6.07, 6.45) is 3.15. The van der Waals surface area contributed by atoms with Gasteiger partial charge in [0, 0.05) is 40.9 Å². The number of aromatic nitrogens is 1. The number of piperidine rings is 1. The Morgan fingerprint density at radius 3 is 2.45 bits per heavy atom. The van der Waals surface area contributed by atoms with E-state index in [0.29, 0.717) is 22.9 Å². The van der Waals surface area contributed by atoms with Crippen molar-refractivity contribution in [3.63, 3.8) is 0 Å². The molecule has 1 amide bonds. The summed E-state index contributed by atoms with van der Waals surface area (Å²) in [6, 6.07) is 11.3. The van der Waals surface area contributed by atoms with Gasteiger partial charge in [-0.2, -0.15) is 0 Å². The summed E-state index contributed by atoms with van der Waals surface area (Å²) in [5.41, 5.74) is 2.81. The third-order valence-electron chi connectivity index (χ3n) is 7.34. The Bertz CT molecular complexity index is 1540. The summed E-state index contributed by atoms with van der Waals surface area (Å²) in [5.74, 6) is 1.25. The molecule has 4 rings (SSSR count).